The van der Waals surface area contributed by atoms with E-state index in [0.717, 1.165) is 11.3 Å². The van der Waals surface area contributed by atoms with E-state index >= 15 is 0 Å². The third-order valence-electron chi connectivity index (χ3n) is 2.47. The maximum absolute atomic E-state index is 7.86. The SMILES string of the molecule is CC(C)C(=N)c1ccc(C(C)C)cc1. The van der Waals surface area contributed by atoms with E-state index in [2.05, 4.69) is 52.0 Å². The maximum Gasteiger partial charge on any atom is 0.0411 e. The molecule has 0 amide bonds. The lowest BCUT2D eigenvalue weighted by atomic mass is 9.96. The molecule has 0 spiro atoms. The summed E-state index contributed by atoms with van der Waals surface area (Å²) in [7, 11) is 0. The summed E-state index contributed by atoms with van der Waals surface area (Å²) in [5.41, 5.74) is 3.11. The molecule has 1 aromatic carbocycles. The molecule has 1 heteroatoms. The van der Waals surface area contributed by atoms with E-state index in [1.54, 1.807) is 0 Å². The molecule has 1 nitrogen and oxygen atoms in total. The standard InChI is InChI=1S/C13H19N/c1-9(2)11-5-7-12(8-6-11)13(14)10(3)4/h5-10,14H,1-4H3. The van der Waals surface area contributed by atoms with Gasteiger partial charge in [-0.1, -0.05) is 52.0 Å². The number of hydrogen-bond donors (Lipinski definition) is 1. The highest BCUT2D eigenvalue weighted by molar-refractivity contribution is 5.99. The first-order valence-electron chi connectivity index (χ1n) is 5.21. The monoisotopic (exact) mass is 189 g/mol. The van der Waals surface area contributed by atoms with Gasteiger partial charge in [0.05, 0.1) is 0 Å². The molecule has 0 fully saturated rings. The zero-order chi connectivity index (χ0) is 10.7. The summed E-state index contributed by atoms with van der Waals surface area (Å²) in [4.78, 5) is 0. The topological polar surface area (TPSA) is 23.9 Å². The summed E-state index contributed by atoms with van der Waals surface area (Å²) >= 11 is 0. The van der Waals surface area contributed by atoms with Gasteiger partial charge in [-0.05, 0) is 23.0 Å². The largest absolute Gasteiger partial charge is 0.304 e. The first-order chi connectivity index (χ1) is 6.52. The fourth-order valence-corrected chi connectivity index (χ4v) is 1.38. The second-order valence-corrected chi connectivity index (χ2v) is 4.35. The molecule has 14 heavy (non-hydrogen) atoms. The Balaban J connectivity index is 2.89. The summed E-state index contributed by atoms with van der Waals surface area (Å²) < 4.78 is 0. The first-order valence-corrected chi connectivity index (χ1v) is 5.21. The Bertz CT molecular complexity index is 307. The van der Waals surface area contributed by atoms with E-state index in [1.807, 2.05) is 0 Å². The highest BCUT2D eigenvalue weighted by atomic mass is 14.4. The predicted octanol–water partition coefficient (Wildman–Crippen LogP) is 3.83. The lowest BCUT2D eigenvalue weighted by Gasteiger charge is -2.09. The normalized spacial score (nSPS) is 11.0. The van der Waals surface area contributed by atoms with Crippen LogP contribution >= 0.6 is 0 Å². The third-order valence-corrected chi connectivity index (χ3v) is 2.47. The molecule has 0 saturated carbocycles. The second kappa shape index (κ2) is 4.41. The first kappa shape index (κ1) is 11.0. The van der Waals surface area contributed by atoms with Gasteiger partial charge in [-0.25, -0.2) is 0 Å². The Morgan fingerprint density at radius 2 is 1.50 bits per heavy atom. The Kier molecular flexibility index (Phi) is 3.45. The molecule has 0 saturated heterocycles. The molecule has 0 unspecified atom stereocenters. The van der Waals surface area contributed by atoms with E-state index in [4.69, 9.17) is 5.41 Å². The molecule has 0 aliphatic rings. The minimum atomic E-state index is 0.305. The molecule has 1 rings (SSSR count). The smallest absolute Gasteiger partial charge is 0.0411 e. The minimum absolute atomic E-state index is 0.305. The molecule has 1 aromatic rings. The van der Waals surface area contributed by atoms with Crippen molar-refractivity contribution in [2.75, 3.05) is 0 Å². The average molecular weight is 189 g/mol. The summed E-state index contributed by atoms with van der Waals surface area (Å²) in [6.45, 7) is 8.48. The van der Waals surface area contributed by atoms with E-state index in [-0.39, 0.29) is 0 Å². The van der Waals surface area contributed by atoms with Crippen LogP contribution < -0.4 is 0 Å². The molecule has 76 valence electrons. The van der Waals surface area contributed by atoms with Gasteiger partial charge in [0.15, 0.2) is 0 Å². The van der Waals surface area contributed by atoms with Gasteiger partial charge >= 0.3 is 0 Å². The highest BCUT2D eigenvalue weighted by Crippen LogP contribution is 2.16. The quantitative estimate of drug-likeness (QED) is 0.699. The molecule has 0 radical (unpaired) electrons. The fraction of sp³-hybridized carbons (Fsp3) is 0.462. The Hall–Kier alpha value is -1.11. The van der Waals surface area contributed by atoms with Crippen molar-refractivity contribution in [1.82, 2.24) is 0 Å². The van der Waals surface area contributed by atoms with Crippen molar-refractivity contribution >= 4 is 5.71 Å². The van der Waals surface area contributed by atoms with Crippen molar-refractivity contribution < 1.29 is 0 Å². The van der Waals surface area contributed by atoms with Crippen molar-refractivity contribution in [1.29, 1.82) is 5.41 Å². The molecule has 0 heterocycles. The van der Waals surface area contributed by atoms with E-state index in [9.17, 15) is 0 Å². The average Bonchev–Trinajstić information content (AvgIpc) is 2.16. The lowest BCUT2D eigenvalue weighted by Crippen LogP contribution is -2.07. The Morgan fingerprint density at radius 3 is 1.86 bits per heavy atom. The molecule has 0 atom stereocenters. The predicted molar refractivity (Wildman–Crippen MR) is 62.2 cm³/mol. The van der Waals surface area contributed by atoms with Crippen LogP contribution in [0.3, 0.4) is 0 Å². The molecule has 0 aliphatic heterocycles. The van der Waals surface area contributed by atoms with Crippen LogP contribution in [0.25, 0.3) is 0 Å². The molecule has 0 aliphatic carbocycles. The Morgan fingerprint density at radius 1 is 1.00 bits per heavy atom. The summed E-state index contributed by atoms with van der Waals surface area (Å²) in [6, 6.07) is 8.35. The van der Waals surface area contributed by atoms with Crippen LogP contribution in [0.15, 0.2) is 24.3 Å². The van der Waals surface area contributed by atoms with Crippen LogP contribution in [0.1, 0.15) is 44.7 Å². The van der Waals surface area contributed by atoms with Gasteiger partial charge in [0, 0.05) is 5.71 Å². The van der Waals surface area contributed by atoms with Crippen LogP contribution in [0, 0.1) is 11.3 Å². The van der Waals surface area contributed by atoms with Crippen molar-refractivity contribution in [2.24, 2.45) is 5.92 Å². The van der Waals surface area contributed by atoms with Crippen LogP contribution in [-0.4, -0.2) is 5.71 Å². The van der Waals surface area contributed by atoms with Crippen LogP contribution in [0.5, 0.6) is 0 Å². The molecule has 1 N–H and O–H groups in total. The second-order valence-electron chi connectivity index (χ2n) is 4.35. The van der Waals surface area contributed by atoms with E-state index < -0.39 is 0 Å². The molecular weight excluding hydrogens is 170 g/mol. The van der Waals surface area contributed by atoms with Gasteiger partial charge in [-0.3, -0.25) is 0 Å². The zero-order valence-corrected chi connectivity index (χ0v) is 9.46. The van der Waals surface area contributed by atoms with Gasteiger partial charge in [-0.15, -0.1) is 0 Å². The van der Waals surface area contributed by atoms with Crippen LogP contribution in [0.4, 0.5) is 0 Å². The molecule has 0 bridgehead atoms. The van der Waals surface area contributed by atoms with Gasteiger partial charge in [0.2, 0.25) is 0 Å². The van der Waals surface area contributed by atoms with Crippen LogP contribution in [0.2, 0.25) is 0 Å². The highest BCUT2D eigenvalue weighted by Gasteiger charge is 2.06. The number of benzene rings is 1. The van der Waals surface area contributed by atoms with E-state index in [1.165, 1.54) is 5.56 Å². The number of hydrogen-bond acceptors (Lipinski definition) is 1. The van der Waals surface area contributed by atoms with Crippen molar-refractivity contribution in [3.63, 3.8) is 0 Å². The van der Waals surface area contributed by atoms with Gasteiger partial charge < -0.3 is 5.41 Å². The van der Waals surface area contributed by atoms with Gasteiger partial charge in [0.1, 0.15) is 0 Å². The maximum atomic E-state index is 7.86. The lowest BCUT2D eigenvalue weighted by molar-refractivity contribution is 0.863. The summed E-state index contributed by atoms with van der Waals surface area (Å²) in [5, 5.41) is 7.86. The van der Waals surface area contributed by atoms with Crippen molar-refractivity contribution in [3.05, 3.63) is 35.4 Å². The van der Waals surface area contributed by atoms with Crippen LogP contribution in [-0.2, 0) is 0 Å². The number of nitrogens with one attached hydrogen (secondary N) is 1. The minimum Gasteiger partial charge on any atom is -0.304 e. The fourth-order valence-electron chi connectivity index (χ4n) is 1.38. The Labute approximate surface area is 86.7 Å². The molecular formula is C13H19N. The third kappa shape index (κ3) is 2.44. The van der Waals surface area contributed by atoms with Gasteiger partial charge in [0.25, 0.3) is 0 Å². The van der Waals surface area contributed by atoms with Crippen molar-refractivity contribution in [2.45, 2.75) is 33.6 Å². The number of rotatable bonds is 3. The van der Waals surface area contributed by atoms with Gasteiger partial charge in [-0.2, -0.15) is 0 Å². The molecule has 0 aromatic heterocycles. The summed E-state index contributed by atoms with van der Waals surface area (Å²) in [6.07, 6.45) is 0. The zero-order valence-electron chi connectivity index (χ0n) is 9.46. The van der Waals surface area contributed by atoms with E-state index in [0.29, 0.717) is 11.8 Å². The van der Waals surface area contributed by atoms with Crippen molar-refractivity contribution in [3.8, 4) is 0 Å². The summed E-state index contributed by atoms with van der Waals surface area (Å²) in [5.74, 6) is 0.872.